The first-order chi connectivity index (χ1) is 14.3. The van der Waals surface area contributed by atoms with Crippen LogP contribution in [0.4, 0.5) is 4.39 Å². The van der Waals surface area contributed by atoms with Crippen molar-refractivity contribution in [3.05, 3.63) is 30.1 Å². The van der Waals surface area contributed by atoms with Gasteiger partial charge < -0.3 is 14.7 Å². The lowest BCUT2D eigenvalue weighted by Crippen LogP contribution is -2.54. The number of nitrogens with one attached hydrogen (secondary N) is 1. The third-order valence-corrected chi connectivity index (χ3v) is 6.73. The van der Waals surface area contributed by atoms with Gasteiger partial charge in [0, 0.05) is 52.2 Å². The van der Waals surface area contributed by atoms with E-state index in [9.17, 15) is 27.2 Å². The predicted octanol–water partition coefficient (Wildman–Crippen LogP) is -0.213. The number of likely N-dealkylation sites (tertiary alicyclic amines) is 1. The number of benzene rings is 1. The first-order valence-electron chi connectivity index (χ1n) is 9.89. The molecule has 9 nitrogen and oxygen atoms in total. The van der Waals surface area contributed by atoms with Crippen molar-refractivity contribution < 1.29 is 27.2 Å². The minimum atomic E-state index is -3.82. The molecule has 1 N–H and O–H groups in total. The van der Waals surface area contributed by atoms with Gasteiger partial charge in [-0.2, -0.15) is 0 Å². The summed E-state index contributed by atoms with van der Waals surface area (Å²) in [6, 6.07) is 4.41. The molecule has 11 heteroatoms. The Morgan fingerprint density at radius 2 is 1.33 bits per heavy atom. The normalized spacial score (nSPS) is 17.3. The molecule has 0 aromatic heterocycles. The number of carbonyl (C=O) groups excluding carboxylic acids is 3. The molecule has 0 saturated carbocycles. The number of sulfonamides is 1. The molecule has 0 bridgehead atoms. The zero-order chi connectivity index (χ0) is 21.7. The first kappa shape index (κ1) is 22.2. The van der Waals surface area contributed by atoms with E-state index < -0.39 is 27.7 Å². The van der Waals surface area contributed by atoms with Crippen molar-refractivity contribution in [2.75, 3.05) is 45.8 Å². The Balaban J connectivity index is 1.42. The Labute approximate surface area is 174 Å². The molecule has 0 radical (unpaired) electrons. The van der Waals surface area contributed by atoms with E-state index in [1.165, 1.54) is 4.90 Å². The van der Waals surface area contributed by atoms with Crippen LogP contribution >= 0.6 is 0 Å². The van der Waals surface area contributed by atoms with Gasteiger partial charge in [0.2, 0.25) is 15.9 Å². The highest BCUT2D eigenvalue weighted by Crippen LogP contribution is 2.12. The number of piperazine rings is 1. The summed E-state index contributed by atoms with van der Waals surface area (Å²) in [6.45, 7) is 2.25. The second kappa shape index (κ2) is 9.52. The topological polar surface area (TPSA) is 107 Å². The SMILES string of the molecule is O=C(CCNS(=O)(=O)c1ccc(F)cc1)N1CCN(C(=O)C(=O)N2CCCC2)CC1. The molecule has 164 valence electrons. The lowest BCUT2D eigenvalue weighted by molar-refractivity contribution is -0.153. The number of hydrogen-bond donors (Lipinski definition) is 1. The van der Waals surface area contributed by atoms with E-state index >= 15 is 0 Å². The average Bonchev–Trinajstić information content (AvgIpc) is 3.28. The number of amides is 3. The van der Waals surface area contributed by atoms with Crippen molar-refractivity contribution in [2.45, 2.75) is 24.2 Å². The van der Waals surface area contributed by atoms with Gasteiger partial charge in [0.15, 0.2) is 0 Å². The van der Waals surface area contributed by atoms with Gasteiger partial charge in [0.05, 0.1) is 4.90 Å². The van der Waals surface area contributed by atoms with Crippen LogP contribution in [-0.4, -0.2) is 86.7 Å². The smallest absolute Gasteiger partial charge is 0.312 e. The Morgan fingerprint density at radius 1 is 0.833 bits per heavy atom. The molecular weight excluding hydrogens is 415 g/mol. The van der Waals surface area contributed by atoms with E-state index in [1.807, 2.05) is 0 Å². The predicted molar refractivity (Wildman–Crippen MR) is 105 cm³/mol. The third kappa shape index (κ3) is 5.33. The van der Waals surface area contributed by atoms with Crippen LogP contribution in [0, 0.1) is 5.82 Å². The van der Waals surface area contributed by atoms with Crippen LogP contribution in [-0.2, 0) is 24.4 Å². The number of rotatable bonds is 5. The largest absolute Gasteiger partial charge is 0.339 e. The van der Waals surface area contributed by atoms with Crippen LogP contribution in [0.2, 0.25) is 0 Å². The van der Waals surface area contributed by atoms with Gasteiger partial charge in [-0.15, -0.1) is 0 Å². The zero-order valence-corrected chi connectivity index (χ0v) is 17.4. The highest BCUT2D eigenvalue weighted by atomic mass is 32.2. The quantitative estimate of drug-likeness (QED) is 0.638. The molecular formula is C19H25FN4O5S. The maximum atomic E-state index is 12.9. The molecule has 0 atom stereocenters. The molecule has 30 heavy (non-hydrogen) atoms. The molecule has 2 aliphatic rings. The minimum Gasteiger partial charge on any atom is -0.339 e. The summed E-state index contributed by atoms with van der Waals surface area (Å²) in [4.78, 5) is 41.4. The fourth-order valence-electron chi connectivity index (χ4n) is 3.50. The Kier molecular flexibility index (Phi) is 7.03. The van der Waals surface area contributed by atoms with Crippen molar-refractivity contribution in [2.24, 2.45) is 0 Å². The molecule has 0 aliphatic carbocycles. The van der Waals surface area contributed by atoms with Gasteiger partial charge >= 0.3 is 11.8 Å². The van der Waals surface area contributed by atoms with Crippen molar-refractivity contribution >= 4 is 27.7 Å². The van der Waals surface area contributed by atoms with Crippen LogP contribution < -0.4 is 4.72 Å². The maximum absolute atomic E-state index is 12.9. The lowest BCUT2D eigenvalue weighted by Gasteiger charge is -2.35. The van der Waals surface area contributed by atoms with Gasteiger partial charge in [-0.05, 0) is 37.1 Å². The van der Waals surface area contributed by atoms with Crippen LogP contribution in [0.25, 0.3) is 0 Å². The van der Waals surface area contributed by atoms with E-state index in [1.54, 1.807) is 9.80 Å². The number of carbonyl (C=O) groups is 3. The van der Waals surface area contributed by atoms with E-state index in [0.717, 1.165) is 37.1 Å². The second-order valence-corrected chi connectivity index (χ2v) is 9.04. The summed E-state index contributed by atoms with van der Waals surface area (Å²) in [6.07, 6.45) is 1.78. The standard InChI is InChI=1S/C19H25FN4O5S/c20-15-3-5-16(6-4-15)30(28,29)21-8-7-17(25)22-11-13-24(14-12-22)19(27)18(26)23-9-1-2-10-23/h3-6,21H,1-2,7-14H2. The van der Waals surface area contributed by atoms with E-state index in [0.29, 0.717) is 26.2 Å². The minimum absolute atomic E-state index is 0.0406. The van der Waals surface area contributed by atoms with Crippen LogP contribution in [0.3, 0.4) is 0 Å². The monoisotopic (exact) mass is 440 g/mol. The van der Waals surface area contributed by atoms with E-state index in [-0.39, 0.29) is 36.9 Å². The summed E-state index contributed by atoms with van der Waals surface area (Å²) < 4.78 is 39.6. The molecule has 0 unspecified atom stereocenters. The van der Waals surface area contributed by atoms with Crippen LogP contribution in [0.1, 0.15) is 19.3 Å². The average molecular weight is 440 g/mol. The van der Waals surface area contributed by atoms with Crippen molar-refractivity contribution in [1.82, 2.24) is 19.4 Å². The summed E-state index contributed by atoms with van der Waals surface area (Å²) in [5.74, 6) is -1.79. The second-order valence-electron chi connectivity index (χ2n) is 7.27. The highest BCUT2D eigenvalue weighted by Gasteiger charge is 2.31. The fraction of sp³-hybridized carbons (Fsp3) is 0.526. The third-order valence-electron chi connectivity index (χ3n) is 5.25. The summed E-state index contributed by atoms with van der Waals surface area (Å²) in [7, 11) is -3.82. The molecule has 1 aromatic rings. The molecule has 2 aliphatic heterocycles. The first-order valence-corrected chi connectivity index (χ1v) is 11.4. The Bertz CT molecular complexity index is 892. The number of hydrogen-bond acceptors (Lipinski definition) is 5. The van der Waals surface area contributed by atoms with Crippen molar-refractivity contribution in [1.29, 1.82) is 0 Å². The van der Waals surface area contributed by atoms with E-state index in [4.69, 9.17) is 0 Å². The molecule has 2 fully saturated rings. The van der Waals surface area contributed by atoms with Gasteiger partial charge in [-0.25, -0.2) is 17.5 Å². The fourth-order valence-corrected chi connectivity index (χ4v) is 4.53. The van der Waals surface area contributed by atoms with Gasteiger partial charge in [-0.1, -0.05) is 0 Å². The summed E-state index contributed by atoms with van der Waals surface area (Å²) in [5, 5.41) is 0. The van der Waals surface area contributed by atoms with E-state index in [2.05, 4.69) is 4.72 Å². The maximum Gasteiger partial charge on any atom is 0.312 e. The Hall–Kier alpha value is -2.53. The van der Waals surface area contributed by atoms with Gasteiger partial charge in [-0.3, -0.25) is 14.4 Å². The van der Waals surface area contributed by atoms with Gasteiger partial charge in [0.25, 0.3) is 0 Å². The van der Waals surface area contributed by atoms with Crippen molar-refractivity contribution in [3.8, 4) is 0 Å². The Morgan fingerprint density at radius 3 is 1.90 bits per heavy atom. The summed E-state index contributed by atoms with van der Waals surface area (Å²) >= 11 is 0. The van der Waals surface area contributed by atoms with Gasteiger partial charge in [0.1, 0.15) is 5.82 Å². The molecule has 2 heterocycles. The van der Waals surface area contributed by atoms with Crippen LogP contribution in [0.5, 0.6) is 0 Å². The molecule has 1 aromatic carbocycles. The molecule has 0 spiro atoms. The zero-order valence-electron chi connectivity index (χ0n) is 16.5. The lowest BCUT2D eigenvalue weighted by atomic mass is 10.2. The molecule has 2 saturated heterocycles. The van der Waals surface area contributed by atoms with Crippen LogP contribution in [0.15, 0.2) is 29.2 Å². The number of halogens is 1. The molecule has 3 amide bonds. The highest BCUT2D eigenvalue weighted by molar-refractivity contribution is 7.89. The number of nitrogens with zero attached hydrogens (tertiary/aromatic N) is 3. The molecule has 3 rings (SSSR count). The summed E-state index contributed by atoms with van der Waals surface area (Å²) in [5.41, 5.74) is 0. The van der Waals surface area contributed by atoms with Crippen molar-refractivity contribution in [3.63, 3.8) is 0 Å².